The van der Waals surface area contributed by atoms with E-state index < -0.39 is 0 Å². The van der Waals surface area contributed by atoms with E-state index in [1.165, 1.54) is 0 Å². The van der Waals surface area contributed by atoms with Crippen LogP contribution in [0.25, 0.3) is 0 Å². The van der Waals surface area contributed by atoms with E-state index in [1.807, 2.05) is 0 Å². The van der Waals surface area contributed by atoms with Crippen LogP contribution in [-0.4, -0.2) is 18.6 Å². The molecule has 0 aliphatic carbocycles. The molecule has 1 heterocycles. The zero-order valence-electron chi connectivity index (χ0n) is 13.0. The first-order valence-electron chi connectivity index (χ1n) is 7.68. The molecule has 3 nitrogen and oxygen atoms in total. The lowest BCUT2D eigenvalue weighted by atomic mass is 9.94. The Balaban J connectivity index is 2.30. The summed E-state index contributed by atoms with van der Waals surface area (Å²) in [5.41, 5.74) is 2.25. The molecule has 1 aliphatic heterocycles. The van der Waals surface area contributed by atoms with Crippen molar-refractivity contribution in [1.82, 2.24) is 0 Å². The van der Waals surface area contributed by atoms with Gasteiger partial charge in [0, 0.05) is 12.8 Å². The van der Waals surface area contributed by atoms with Gasteiger partial charge in [-0.3, -0.25) is 0 Å². The van der Waals surface area contributed by atoms with E-state index in [4.69, 9.17) is 4.74 Å². The molecule has 1 fully saturated rings. The van der Waals surface area contributed by atoms with Crippen LogP contribution in [0.15, 0.2) is 18.2 Å². The van der Waals surface area contributed by atoms with Crippen molar-refractivity contribution in [2.24, 2.45) is 0 Å². The van der Waals surface area contributed by atoms with Crippen molar-refractivity contribution >= 4 is 5.97 Å². The van der Waals surface area contributed by atoms with E-state index in [0.29, 0.717) is 11.8 Å². The molecular weight excluding hydrogens is 250 g/mol. The van der Waals surface area contributed by atoms with Crippen molar-refractivity contribution in [3.63, 3.8) is 0 Å². The molecule has 0 aromatic heterocycles. The molecule has 0 bridgehead atoms. The van der Waals surface area contributed by atoms with Crippen molar-refractivity contribution in [2.75, 3.05) is 6.54 Å². The fourth-order valence-electron chi connectivity index (χ4n) is 2.77. The van der Waals surface area contributed by atoms with Crippen LogP contribution in [0.3, 0.4) is 0 Å². The summed E-state index contributed by atoms with van der Waals surface area (Å²) in [5.74, 6) is 1.41. The molecule has 0 amide bonds. The van der Waals surface area contributed by atoms with Crippen LogP contribution in [0.1, 0.15) is 63.5 Å². The van der Waals surface area contributed by atoms with Gasteiger partial charge in [-0.05, 0) is 23.0 Å². The molecule has 0 spiro atoms. The highest BCUT2D eigenvalue weighted by atomic mass is 16.5. The van der Waals surface area contributed by atoms with Gasteiger partial charge in [0.1, 0.15) is 5.75 Å². The molecule has 20 heavy (non-hydrogen) atoms. The Kier molecular flexibility index (Phi) is 4.81. The summed E-state index contributed by atoms with van der Waals surface area (Å²) in [6.45, 7) is 9.58. The van der Waals surface area contributed by atoms with Crippen molar-refractivity contribution in [3.05, 3.63) is 29.3 Å². The zero-order chi connectivity index (χ0) is 14.7. The fraction of sp³-hybridized carbons (Fsp3) is 0.588. The number of hydrogen-bond acceptors (Lipinski definition) is 2. The minimum atomic E-state index is -0.0856. The Labute approximate surface area is 121 Å². The van der Waals surface area contributed by atoms with Crippen LogP contribution >= 0.6 is 0 Å². The average molecular weight is 276 g/mol. The number of ether oxygens (including phenoxy) is 1. The summed E-state index contributed by atoms with van der Waals surface area (Å²) in [6, 6.07) is 6.17. The van der Waals surface area contributed by atoms with E-state index in [9.17, 15) is 4.79 Å². The molecule has 1 aliphatic rings. The smallest absolute Gasteiger partial charge is 0.370 e. The molecule has 3 heteroatoms. The van der Waals surface area contributed by atoms with Gasteiger partial charge in [-0.2, -0.15) is 0 Å². The number of esters is 1. The lowest BCUT2D eigenvalue weighted by Crippen LogP contribution is -2.88. The molecule has 1 aromatic carbocycles. The number of carbonyl (C=O) groups is 1. The minimum absolute atomic E-state index is 0.0183. The summed E-state index contributed by atoms with van der Waals surface area (Å²) >= 11 is 0. The van der Waals surface area contributed by atoms with Crippen LogP contribution in [0, 0.1) is 0 Å². The predicted molar refractivity (Wildman–Crippen MR) is 80.1 cm³/mol. The second kappa shape index (κ2) is 6.40. The molecule has 1 saturated heterocycles. The van der Waals surface area contributed by atoms with E-state index in [1.54, 1.807) is 0 Å². The van der Waals surface area contributed by atoms with E-state index in [2.05, 4.69) is 51.2 Å². The first-order chi connectivity index (χ1) is 9.50. The zero-order valence-corrected chi connectivity index (χ0v) is 13.0. The summed E-state index contributed by atoms with van der Waals surface area (Å²) in [4.78, 5) is 12.3. The predicted octanol–water partition coefficient (Wildman–Crippen LogP) is 2.56. The van der Waals surface area contributed by atoms with Crippen LogP contribution in [0.4, 0.5) is 0 Å². The Morgan fingerprint density at radius 3 is 2.25 bits per heavy atom. The molecule has 1 aromatic rings. The van der Waals surface area contributed by atoms with Crippen molar-refractivity contribution < 1.29 is 14.8 Å². The molecular formula is C17H26NO2+. The van der Waals surface area contributed by atoms with Gasteiger partial charge in [-0.1, -0.05) is 45.9 Å². The molecule has 2 N–H and O–H groups in total. The van der Waals surface area contributed by atoms with Crippen LogP contribution in [0.2, 0.25) is 0 Å². The minimum Gasteiger partial charge on any atom is -0.422 e. The first-order valence-corrected chi connectivity index (χ1v) is 7.68. The maximum atomic E-state index is 12.3. The number of quaternary nitrogens is 1. The van der Waals surface area contributed by atoms with Crippen molar-refractivity contribution in [1.29, 1.82) is 0 Å². The fourth-order valence-corrected chi connectivity index (χ4v) is 2.77. The number of hydrogen-bond donors (Lipinski definition) is 1. The average Bonchev–Trinajstić information content (AvgIpc) is 2.92. The van der Waals surface area contributed by atoms with E-state index in [0.717, 1.165) is 36.3 Å². The van der Waals surface area contributed by atoms with Gasteiger partial charge in [0.25, 0.3) is 0 Å². The van der Waals surface area contributed by atoms with Crippen LogP contribution in [0.5, 0.6) is 5.75 Å². The SMILES string of the molecule is CC(C)c1cccc(C(C)C)c1OC(=O)[C@H]1CCC[NH2+]1. The van der Waals surface area contributed by atoms with Crippen molar-refractivity contribution in [3.8, 4) is 5.75 Å². The standard InChI is InChI=1S/C17H25NO2/c1-11(2)13-7-5-8-14(12(3)4)16(13)20-17(19)15-9-6-10-18-15/h5,7-8,11-12,15,18H,6,9-10H2,1-4H3/p+1/t15-/m1/s1. The van der Waals surface area contributed by atoms with Gasteiger partial charge in [-0.15, -0.1) is 0 Å². The Hall–Kier alpha value is -1.35. The van der Waals surface area contributed by atoms with Crippen molar-refractivity contribution in [2.45, 2.75) is 58.4 Å². The molecule has 0 unspecified atom stereocenters. The van der Waals surface area contributed by atoms with E-state index >= 15 is 0 Å². The topological polar surface area (TPSA) is 42.9 Å². The van der Waals surface area contributed by atoms with Gasteiger partial charge in [0.05, 0.1) is 6.54 Å². The molecule has 1 atom stereocenters. The third-order valence-corrected chi connectivity index (χ3v) is 4.00. The van der Waals surface area contributed by atoms with Gasteiger partial charge in [0.15, 0.2) is 6.04 Å². The molecule has 0 saturated carbocycles. The molecule has 110 valence electrons. The number of para-hydroxylation sites is 1. The highest BCUT2D eigenvalue weighted by Crippen LogP contribution is 2.34. The van der Waals surface area contributed by atoms with Gasteiger partial charge in [-0.25, -0.2) is 4.79 Å². The normalized spacial score (nSPS) is 18.8. The van der Waals surface area contributed by atoms with Crippen LogP contribution < -0.4 is 10.1 Å². The lowest BCUT2D eigenvalue weighted by Gasteiger charge is -2.19. The second-order valence-electron chi connectivity index (χ2n) is 6.27. The maximum absolute atomic E-state index is 12.3. The molecule has 2 rings (SSSR count). The maximum Gasteiger partial charge on any atom is 0.370 e. The second-order valence-corrected chi connectivity index (χ2v) is 6.27. The summed E-state index contributed by atoms with van der Waals surface area (Å²) in [6.07, 6.45) is 2.03. The van der Waals surface area contributed by atoms with E-state index in [-0.39, 0.29) is 12.0 Å². The third-order valence-electron chi connectivity index (χ3n) is 4.00. The number of nitrogens with two attached hydrogens (primary N) is 1. The summed E-state index contributed by atoms with van der Waals surface area (Å²) < 4.78 is 5.81. The lowest BCUT2D eigenvalue weighted by molar-refractivity contribution is -0.658. The Bertz CT molecular complexity index is 448. The highest BCUT2D eigenvalue weighted by Gasteiger charge is 2.29. The van der Waals surface area contributed by atoms with Gasteiger partial charge in [0.2, 0.25) is 0 Å². The largest absolute Gasteiger partial charge is 0.422 e. The Morgan fingerprint density at radius 1 is 1.20 bits per heavy atom. The number of rotatable bonds is 4. The summed E-state index contributed by atoms with van der Waals surface area (Å²) in [7, 11) is 0. The number of carbonyl (C=O) groups excluding carboxylic acids is 1. The quantitative estimate of drug-likeness (QED) is 0.678. The van der Waals surface area contributed by atoms with Gasteiger partial charge >= 0.3 is 5.97 Å². The third kappa shape index (κ3) is 3.21. The monoisotopic (exact) mass is 276 g/mol. The van der Waals surface area contributed by atoms with Gasteiger partial charge < -0.3 is 10.1 Å². The Morgan fingerprint density at radius 2 is 1.80 bits per heavy atom. The highest BCUT2D eigenvalue weighted by molar-refractivity contribution is 5.77. The van der Waals surface area contributed by atoms with Crippen LogP contribution in [-0.2, 0) is 4.79 Å². The number of benzene rings is 1. The first kappa shape index (κ1) is 15.0. The molecule has 0 radical (unpaired) electrons. The summed E-state index contributed by atoms with van der Waals surface area (Å²) in [5, 5.41) is 2.09.